The van der Waals surface area contributed by atoms with Crippen molar-refractivity contribution in [3.8, 4) is 11.4 Å². The van der Waals surface area contributed by atoms with Gasteiger partial charge < -0.3 is 4.90 Å². The van der Waals surface area contributed by atoms with Crippen LogP contribution in [0.15, 0.2) is 36.7 Å². The van der Waals surface area contributed by atoms with Gasteiger partial charge in [-0.05, 0) is 39.0 Å². The molecular weight excluding hydrogens is 418 g/mol. The van der Waals surface area contributed by atoms with Crippen LogP contribution in [0, 0.1) is 25.5 Å². The fraction of sp³-hybridized carbons (Fsp3) is 0.318. The maximum Gasteiger partial charge on any atom is 0.254 e. The van der Waals surface area contributed by atoms with Crippen LogP contribution in [-0.2, 0) is 4.84 Å². The largest absolute Gasteiger partial charge is 0.334 e. The molecule has 0 N–H and O–H groups in total. The van der Waals surface area contributed by atoms with Crippen molar-refractivity contribution in [2.75, 3.05) is 24.7 Å². The summed E-state index contributed by atoms with van der Waals surface area (Å²) in [7, 11) is 0. The van der Waals surface area contributed by atoms with Gasteiger partial charge in [0.2, 0.25) is 0 Å². The first-order chi connectivity index (χ1) is 15.3. The number of nitrogens with zero attached hydrogens (tertiary/aromatic N) is 6. The number of amides is 1. The fourth-order valence-electron chi connectivity index (χ4n) is 3.61. The molecule has 1 saturated heterocycles. The molecule has 3 heterocycles. The van der Waals surface area contributed by atoms with E-state index in [1.165, 1.54) is 12.4 Å². The first kappa shape index (κ1) is 21.7. The first-order valence-corrected chi connectivity index (χ1v) is 10.1. The molecule has 0 unspecified atom stereocenters. The number of benzene rings is 1. The van der Waals surface area contributed by atoms with E-state index in [0.29, 0.717) is 24.7 Å². The van der Waals surface area contributed by atoms with Crippen LogP contribution in [0.3, 0.4) is 0 Å². The van der Waals surface area contributed by atoms with Crippen molar-refractivity contribution in [1.82, 2.24) is 24.8 Å². The second-order valence-electron chi connectivity index (χ2n) is 7.57. The van der Waals surface area contributed by atoms with Gasteiger partial charge >= 0.3 is 0 Å². The molecule has 166 valence electrons. The van der Waals surface area contributed by atoms with Crippen molar-refractivity contribution < 1.29 is 18.4 Å². The third kappa shape index (κ3) is 4.54. The Morgan fingerprint density at radius 3 is 2.50 bits per heavy atom. The van der Waals surface area contributed by atoms with Gasteiger partial charge in [-0.2, -0.15) is 0 Å². The molecule has 0 spiro atoms. The van der Waals surface area contributed by atoms with E-state index in [1.54, 1.807) is 29.0 Å². The quantitative estimate of drug-likeness (QED) is 0.619. The zero-order valence-corrected chi connectivity index (χ0v) is 17.9. The average Bonchev–Trinajstić information content (AvgIpc) is 2.96. The molecule has 8 nitrogen and oxygen atoms in total. The highest BCUT2D eigenvalue weighted by Gasteiger charge is 2.29. The maximum atomic E-state index is 14.1. The first-order valence-electron chi connectivity index (χ1n) is 10.1. The number of carbonyl (C=O) groups excluding carboxylic acids is 1. The van der Waals surface area contributed by atoms with Gasteiger partial charge in [0.1, 0.15) is 11.9 Å². The highest BCUT2D eigenvalue weighted by atomic mass is 19.2. The van der Waals surface area contributed by atoms with E-state index in [0.717, 1.165) is 17.8 Å². The van der Waals surface area contributed by atoms with E-state index < -0.39 is 17.5 Å². The molecule has 2 aromatic heterocycles. The normalized spacial score (nSPS) is 16.7. The molecule has 3 aromatic rings. The van der Waals surface area contributed by atoms with Crippen molar-refractivity contribution in [1.29, 1.82) is 0 Å². The monoisotopic (exact) mass is 440 g/mol. The predicted octanol–water partition coefficient (Wildman–Crippen LogP) is 3.11. The van der Waals surface area contributed by atoms with Crippen LogP contribution in [-0.4, -0.2) is 56.5 Å². The molecule has 1 amide bonds. The number of anilines is 1. The second-order valence-corrected chi connectivity index (χ2v) is 7.57. The zero-order valence-electron chi connectivity index (χ0n) is 17.9. The molecule has 0 saturated carbocycles. The predicted molar refractivity (Wildman–Crippen MR) is 113 cm³/mol. The number of carbonyl (C=O) groups is 1. The van der Waals surface area contributed by atoms with Gasteiger partial charge in [0, 0.05) is 42.8 Å². The molecule has 0 radical (unpaired) electrons. The number of hydroxylamine groups is 1. The number of aromatic nitrogens is 4. The summed E-state index contributed by atoms with van der Waals surface area (Å²) in [4.78, 5) is 37.8. The Balaban J connectivity index is 1.63. The molecule has 0 bridgehead atoms. The summed E-state index contributed by atoms with van der Waals surface area (Å²) < 4.78 is 28.1. The minimum Gasteiger partial charge on any atom is -0.334 e. The Kier molecular flexibility index (Phi) is 6.04. The number of aryl methyl sites for hydroxylation is 2. The van der Waals surface area contributed by atoms with Crippen LogP contribution in [0.1, 0.15) is 28.8 Å². The van der Waals surface area contributed by atoms with Crippen molar-refractivity contribution in [3.63, 3.8) is 0 Å². The van der Waals surface area contributed by atoms with Crippen LogP contribution >= 0.6 is 0 Å². The second kappa shape index (κ2) is 8.91. The SMILES string of the molecule is Cc1cc(N2CCN(C(=O)c3cc(F)c(F)cc3-c3ncccn3)C[C@H](C)O2)nc(C)n1. The number of halogens is 2. The van der Waals surface area contributed by atoms with Crippen LogP contribution < -0.4 is 5.06 Å². The molecule has 10 heteroatoms. The molecule has 1 atom stereocenters. The molecule has 1 aromatic carbocycles. The summed E-state index contributed by atoms with van der Waals surface area (Å²) in [5.41, 5.74) is 0.922. The zero-order chi connectivity index (χ0) is 22.8. The third-order valence-corrected chi connectivity index (χ3v) is 4.95. The summed E-state index contributed by atoms with van der Waals surface area (Å²) in [5.74, 6) is -1.29. The summed E-state index contributed by atoms with van der Waals surface area (Å²) in [6, 6.07) is 5.25. The van der Waals surface area contributed by atoms with E-state index in [-0.39, 0.29) is 29.6 Å². The molecule has 0 aliphatic carbocycles. The van der Waals surface area contributed by atoms with Crippen LogP contribution in [0.5, 0.6) is 0 Å². The number of hydrogen-bond donors (Lipinski definition) is 0. The van der Waals surface area contributed by atoms with Crippen LogP contribution in [0.4, 0.5) is 14.6 Å². The standard InChI is InChI=1S/C22H22F2N6O2/c1-13-9-20(28-15(3)27-13)30-8-7-29(12-14(2)32-30)22(31)17-11-19(24)18(23)10-16(17)21-25-5-4-6-26-21/h4-6,9-11,14H,7-8,12H2,1-3H3/t14-/m0/s1. The molecule has 32 heavy (non-hydrogen) atoms. The number of rotatable bonds is 3. The van der Waals surface area contributed by atoms with Gasteiger partial charge in [0.05, 0.1) is 12.1 Å². The lowest BCUT2D eigenvalue weighted by Crippen LogP contribution is -2.37. The summed E-state index contributed by atoms with van der Waals surface area (Å²) >= 11 is 0. The highest BCUT2D eigenvalue weighted by molar-refractivity contribution is 6.00. The average molecular weight is 440 g/mol. The Labute approximate surface area is 183 Å². The topological polar surface area (TPSA) is 84.3 Å². The minimum absolute atomic E-state index is 0.00975. The minimum atomic E-state index is -1.11. The maximum absolute atomic E-state index is 14.1. The van der Waals surface area contributed by atoms with E-state index in [1.807, 2.05) is 13.8 Å². The Morgan fingerprint density at radius 2 is 1.78 bits per heavy atom. The van der Waals surface area contributed by atoms with Gasteiger partial charge in [-0.15, -0.1) is 0 Å². The Bertz CT molecular complexity index is 1120. The highest BCUT2D eigenvalue weighted by Crippen LogP contribution is 2.26. The molecule has 1 fully saturated rings. The van der Waals surface area contributed by atoms with Gasteiger partial charge in [-0.25, -0.2) is 33.8 Å². The lowest BCUT2D eigenvalue weighted by Gasteiger charge is -2.22. The number of hydrogen-bond acceptors (Lipinski definition) is 7. The summed E-state index contributed by atoms with van der Waals surface area (Å²) in [5, 5.41) is 1.63. The molecule has 1 aliphatic heterocycles. The van der Waals surface area contributed by atoms with Gasteiger partial charge in [0.15, 0.2) is 23.3 Å². The van der Waals surface area contributed by atoms with Crippen LogP contribution in [0.25, 0.3) is 11.4 Å². The third-order valence-electron chi connectivity index (χ3n) is 4.95. The summed E-state index contributed by atoms with van der Waals surface area (Å²) in [6.07, 6.45) is 2.59. The fourth-order valence-corrected chi connectivity index (χ4v) is 3.61. The Morgan fingerprint density at radius 1 is 1.06 bits per heavy atom. The van der Waals surface area contributed by atoms with E-state index in [4.69, 9.17) is 4.84 Å². The van der Waals surface area contributed by atoms with Crippen LogP contribution in [0.2, 0.25) is 0 Å². The van der Waals surface area contributed by atoms with Crippen molar-refractivity contribution in [3.05, 3.63) is 65.4 Å². The van der Waals surface area contributed by atoms with Gasteiger partial charge in [-0.3, -0.25) is 9.63 Å². The smallest absolute Gasteiger partial charge is 0.254 e. The molecular formula is C22H22F2N6O2. The molecule has 4 rings (SSSR count). The lowest BCUT2D eigenvalue weighted by molar-refractivity contribution is 0.0423. The van der Waals surface area contributed by atoms with Crippen molar-refractivity contribution in [2.24, 2.45) is 0 Å². The summed E-state index contributed by atoms with van der Waals surface area (Å²) in [6.45, 7) is 6.37. The van der Waals surface area contributed by atoms with E-state index in [9.17, 15) is 13.6 Å². The van der Waals surface area contributed by atoms with Crippen molar-refractivity contribution in [2.45, 2.75) is 26.9 Å². The van der Waals surface area contributed by atoms with Gasteiger partial charge in [-0.1, -0.05) is 0 Å². The Hall–Kier alpha value is -3.53. The van der Waals surface area contributed by atoms with E-state index >= 15 is 0 Å². The lowest BCUT2D eigenvalue weighted by atomic mass is 10.0. The van der Waals surface area contributed by atoms with Gasteiger partial charge in [0.25, 0.3) is 5.91 Å². The van der Waals surface area contributed by atoms with E-state index in [2.05, 4.69) is 19.9 Å². The van der Waals surface area contributed by atoms with Crippen molar-refractivity contribution >= 4 is 11.7 Å². The molecule has 1 aliphatic rings.